The molecule has 1 N–H and O–H groups in total. The average Bonchev–Trinajstić information content (AvgIpc) is 3.01. The number of ether oxygens (including phenoxy) is 1. The summed E-state index contributed by atoms with van der Waals surface area (Å²) in [5, 5.41) is 5.07. The van der Waals surface area contributed by atoms with Crippen molar-refractivity contribution in [2.45, 2.75) is 43.2 Å². The Morgan fingerprint density at radius 3 is 3.15 bits per heavy atom. The zero-order chi connectivity index (χ0) is 13.9. The molecule has 108 valence electrons. The van der Waals surface area contributed by atoms with Gasteiger partial charge in [-0.05, 0) is 32.0 Å². The SMILES string of the molecule is CCNCc1c(SC2CCOC2C)nc2ccccn12. The summed E-state index contributed by atoms with van der Waals surface area (Å²) >= 11 is 1.87. The highest BCUT2D eigenvalue weighted by atomic mass is 32.2. The molecule has 4 nitrogen and oxygen atoms in total. The minimum absolute atomic E-state index is 0.316. The lowest BCUT2D eigenvalue weighted by Gasteiger charge is -2.13. The molecule has 0 bridgehead atoms. The molecule has 5 heteroatoms. The van der Waals surface area contributed by atoms with E-state index in [0.717, 1.165) is 36.8 Å². The first-order valence-corrected chi connectivity index (χ1v) is 8.12. The predicted molar refractivity (Wildman–Crippen MR) is 82.2 cm³/mol. The smallest absolute Gasteiger partial charge is 0.138 e. The molecule has 0 spiro atoms. The van der Waals surface area contributed by atoms with Gasteiger partial charge >= 0.3 is 0 Å². The van der Waals surface area contributed by atoms with Crippen LogP contribution in [-0.4, -0.2) is 33.9 Å². The van der Waals surface area contributed by atoms with Gasteiger partial charge in [-0.2, -0.15) is 0 Å². The highest BCUT2D eigenvalue weighted by Crippen LogP contribution is 2.34. The molecule has 0 aliphatic carbocycles. The second-order valence-electron chi connectivity index (χ2n) is 5.09. The van der Waals surface area contributed by atoms with Gasteiger partial charge in [0.05, 0.1) is 11.8 Å². The Hall–Kier alpha value is -1.04. The van der Waals surface area contributed by atoms with Gasteiger partial charge in [0.25, 0.3) is 0 Å². The Bertz CT molecular complexity index is 584. The molecule has 3 heterocycles. The van der Waals surface area contributed by atoms with Crippen LogP contribution in [0.4, 0.5) is 0 Å². The molecule has 0 amide bonds. The van der Waals surface area contributed by atoms with Crippen molar-refractivity contribution < 1.29 is 4.74 Å². The number of rotatable bonds is 5. The molecule has 3 rings (SSSR count). The lowest BCUT2D eigenvalue weighted by Crippen LogP contribution is -2.16. The number of nitrogens with one attached hydrogen (secondary N) is 1. The van der Waals surface area contributed by atoms with E-state index in [2.05, 4.69) is 41.9 Å². The van der Waals surface area contributed by atoms with Crippen molar-refractivity contribution in [2.24, 2.45) is 0 Å². The average molecular weight is 291 g/mol. The number of fused-ring (bicyclic) bond motifs is 1. The van der Waals surface area contributed by atoms with E-state index in [1.54, 1.807) is 0 Å². The molecule has 0 aromatic carbocycles. The van der Waals surface area contributed by atoms with Gasteiger partial charge < -0.3 is 14.5 Å². The minimum atomic E-state index is 0.316. The summed E-state index contributed by atoms with van der Waals surface area (Å²) in [6.07, 6.45) is 3.52. The van der Waals surface area contributed by atoms with E-state index in [-0.39, 0.29) is 0 Å². The van der Waals surface area contributed by atoms with E-state index in [9.17, 15) is 0 Å². The van der Waals surface area contributed by atoms with Crippen molar-refractivity contribution in [3.05, 3.63) is 30.1 Å². The van der Waals surface area contributed by atoms with Crippen LogP contribution in [0, 0.1) is 0 Å². The third-order valence-electron chi connectivity index (χ3n) is 3.70. The Morgan fingerprint density at radius 1 is 1.50 bits per heavy atom. The van der Waals surface area contributed by atoms with Crippen molar-refractivity contribution in [1.29, 1.82) is 0 Å². The summed E-state index contributed by atoms with van der Waals surface area (Å²) in [7, 11) is 0. The van der Waals surface area contributed by atoms with Crippen LogP contribution in [0.1, 0.15) is 26.0 Å². The zero-order valence-electron chi connectivity index (χ0n) is 12.0. The Kier molecular flexibility index (Phi) is 4.29. The van der Waals surface area contributed by atoms with Crippen LogP contribution >= 0.6 is 11.8 Å². The highest BCUT2D eigenvalue weighted by molar-refractivity contribution is 8.00. The topological polar surface area (TPSA) is 38.6 Å². The van der Waals surface area contributed by atoms with E-state index in [4.69, 9.17) is 9.72 Å². The van der Waals surface area contributed by atoms with Crippen molar-refractivity contribution in [3.63, 3.8) is 0 Å². The van der Waals surface area contributed by atoms with Crippen LogP contribution in [0.3, 0.4) is 0 Å². The molecule has 2 unspecified atom stereocenters. The number of thioether (sulfide) groups is 1. The molecule has 1 aliphatic rings. The number of hydrogen-bond donors (Lipinski definition) is 1. The van der Waals surface area contributed by atoms with Crippen molar-refractivity contribution in [1.82, 2.24) is 14.7 Å². The molecule has 1 aliphatic heterocycles. The number of nitrogens with zero attached hydrogens (tertiary/aromatic N) is 2. The standard InChI is InChI=1S/C15H21N3OS/c1-3-16-10-12-15(20-13-7-9-19-11(13)2)17-14-6-4-5-8-18(12)14/h4-6,8,11,13,16H,3,7,9-10H2,1-2H3. The highest BCUT2D eigenvalue weighted by Gasteiger charge is 2.27. The first kappa shape index (κ1) is 13.9. The van der Waals surface area contributed by atoms with Crippen LogP contribution in [0.15, 0.2) is 29.4 Å². The number of pyridine rings is 1. The largest absolute Gasteiger partial charge is 0.377 e. The quantitative estimate of drug-likeness (QED) is 0.919. The van der Waals surface area contributed by atoms with Crippen molar-refractivity contribution >= 4 is 17.4 Å². The molecule has 2 atom stereocenters. The van der Waals surface area contributed by atoms with Crippen molar-refractivity contribution in [2.75, 3.05) is 13.2 Å². The Labute approximate surface area is 123 Å². The molecule has 2 aromatic rings. The molecule has 1 saturated heterocycles. The zero-order valence-corrected chi connectivity index (χ0v) is 12.8. The Balaban J connectivity index is 1.91. The fourth-order valence-corrected chi connectivity index (χ4v) is 3.76. The van der Waals surface area contributed by atoms with Gasteiger partial charge in [0.1, 0.15) is 10.7 Å². The molecule has 20 heavy (non-hydrogen) atoms. The second-order valence-corrected chi connectivity index (χ2v) is 6.32. The summed E-state index contributed by atoms with van der Waals surface area (Å²) in [4.78, 5) is 4.79. The normalized spacial score (nSPS) is 22.7. The fourth-order valence-electron chi connectivity index (χ4n) is 2.53. The molecule has 1 fully saturated rings. The van der Waals surface area contributed by atoms with Crippen LogP contribution in [0.25, 0.3) is 5.65 Å². The van der Waals surface area contributed by atoms with E-state index < -0.39 is 0 Å². The minimum Gasteiger partial charge on any atom is -0.377 e. The summed E-state index contributed by atoms with van der Waals surface area (Å²) in [6, 6.07) is 6.16. The molecule has 0 saturated carbocycles. The van der Waals surface area contributed by atoms with Gasteiger partial charge in [0, 0.05) is 24.6 Å². The first-order chi connectivity index (χ1) is 9.79. The van der Waals surface area contributed by atoms with Gasteiger partial charge in [-0.1, -0.05) is 24.8 Å². The lowest BCUT2D eigenvalue weighted by molar-refractivity contribution is 0.127. The van der Waals surface area contributed by atoms with E-state index in [1.165, 1.54) is 5.69 Å². The summed E-state index contributed by atoms with van der Waals surface area (Å²) in [6.45, 7) is 6.97. The number of imidazole rings is 1. The summed E-state index contributed by atoms with van der Waals surface area (Å²) in [5.74, 6) is 0. The molecule has 2 aromatic heterocycles. The lowest BCUT2D eigenvalue weighted by atomic mass is 10.3. The maximum Gasteiger partial charge on any atom is 0.138 e. The summed E-state index contributed by atoms with van der Waals surface area (Å²) in [5.41, 5.74) is 2.28. The fraction of sp³-hybridized carbons (Fsp3) is 0.533. The van der Waals surface area contributed by atoms with E-state index in [0.29, 0.717) is 11.4 Å². The summed E-state index contributed by atoms with van der Waals surface area (Å²) < 4.78 is 7.85. The van der Waals surface area contributed by atoms with Gasteiger partial charge in [0.15, 0.2) is 0 Å². The van der Waals surface area contributed by atoms with Crippen LogP contribution in [0.5, 0.6) is 0 Å². The number of aromatic nitrogens is 2. The molecular formula is C15H21N3OS. The van der Waals surface area contributed by atoms with E-state index >= 15 is 0 Å². The Morgan fingerprint density at radius 2 is 2.40 bits per heavy atom. The third-order valence-corrected chi connectivity index (χ3v) is 5.18. The van der Waals surface area contributed by atoms with Crippen LogP contribution in [-0.2, 0) is 11.3 Å². The predicted octanol–water partition coefficient (Wildman–Crippen LogP) is 2.71. The van der Waals surface area contributed by atoms with Gasteiger partial charge in [-0.25, -0.2) is 4.98 Å². The van der Waals surface area contributed by atoms with Gasteiger partial charge in [-0.15, -0.1) is 0 Å². The first-order valence-electron chi connectivity index (χ1n) is 7.24. The monoisotopic (exact) mass is 291 g/mol. The van der Waals surface area contributed by atoms with E-state index in [1.807, 2.05) is 17.8 Å². The number of hydrogen-bond acceptors (Lipinski definition) is 4. The molecule has 0 radical (unpaired) electrons. The third kappa shape index (κ3) is 2.71. The van der Waals surface area contributed by atoms with Crippen LogP contribution < -0.4 is 5.32 Å². The molecular weight excluding hydrogens is 270 g/mol. The van der Waals surface area contributed by atoms with Gasteiger partial charge in [-0.3, -0.25) is 0 Å². The van der Waals surface area contributed by atoms with Crippen molar-refractivity contribution in [3.8, 4) is 0 Å². The second kappa shape index (κ2) is 6.16. The van der Waals surface area contributed by atoms with Gasteiger partial charge in [0.2, 0.25) is 0 Å². The maximum atomic E-state index is 5.66. The van der Waals surface area contributed by atoms with Crippen LogP contribution in [0.2, 0.25) is 0 Å². The maximum absolute atomic E-state index is 5.66.